The van der Waals surface area contributed by atoms with E-state index in [1.54, 1.807) is 0 Å². The topological polar surface area (TPSA) is 56.9 Å². The van der Waals surface area contributed by atoms with E-state index < -0.39 is 0 Å². The van der Waals surface area contributed by atoms with Crippen LogP contribution in [0.2, 0.25) is 0 Å². The van der Waals surface area contributed by atoms with Crippen LogP contribution >= 0.6 is 0 Å². The Balaban J connectivity index is 1.54. The average Bonchev–Trinajstić information content (AvgIpc) is 3.28. The summed E-state index contributed by atoms with van der Waals surface area (Å²) in [4.78, 5) is 16.9. The molecule has 22 heavy (non-hydrogen) atoms. The van der Waals surface area contributed by atoms with E-state index in [4.69, 9.17) is 4.42 Å². The van der Waals surface area contributed by atoms with Crippen LogP contribution in [0.3, 0.4) is 0 Å². The summed E-state index contributed by atoms with van der Waals surface area (Å²) in [5.41, 5.74) is 0. The molecular formula is C17H26N2O3. The lowest BCUT2D eigenvalue weighted by Gasteiger charge is -2.32. The first kappa shape index (κ1) is 15.6. The normalized spacial score (nSPS) is 20.3. The van der Waals surface area contributed by atoms with Crippen LogP contribution in [-0.4, -0.2) is 53.1 Å². The molecule has 5 heteroatoms. The van der Waals surface area contributed by atoms with E-state index in [0.29, 0.717) is 25.0 Å². The molecule has 2 fully saturated rings. The summed E-state index contributed by atoms with van der Waals surface area (Å²) in [6.45, 7) is 5.11. The Hall–Kier alpha value is -1.33. The van der Waals surface area contributed by atoms with Crippen molar-refractivity contribution in [2.24, 2.45) is 5.92 Å². The molecule has 3 rings (SSSR count). The van der Waals surface area contributed by atoms with Crippen molar-refractivity contribution in [3.8, 4) is 0 Å². The molecule has 1 saturated carbocycles. The number of hydrogen-bond donors (Lipinski definition) is 1. The third-order valence-electron chi connectivity index (χ3n) is 4.75. The highest BCUT2D eigenvalue weighted by Crippen LogP contribution is 2.29. The predicted octanol–water partition coefficient (Wildman–Crippen LogP) is 1.78. The Morgan fingerprint density at radius 2 is 2.05 bits per heavy atom. The Kier molecular flexibility index (Phi) is 4.84. The molecule has 2 heterocycles. The second-order valence-corrected chi connectivity index (χ2v) is 6.67. The maximum Gasteiger partial charge on any atom is 0.237 e. The van der Waals surface area contributed by atoms with Crippen LogP contribution in [0.1, 0.15) is 37.2 Å². The Morgan fingerprint density at radius 1 is 1.32 bits per heavy atom. The second-order valence-electron chi connectivity index (χ2n) is 6.67. The highest BCUT2D eigenvalue weighted by Gasteiger charge is 2.34. The monoisotopic (exact) mass is 306 g/mol. The van der Waals surface area contributed by atoms with Gasteiger partial charge in [-0.3, -0.25) is 9.69 Å². The van der Waals surface area contributed by atoms with E-state index in [-0.39, 0.29) is 12.5 Å². The molecule has 1 saturated heterocycles. The maximum atomic E-state index is 12.6. The summed E-state index contributed by atoms with van der Waals surface area (Å²) in [5, 5.41) is 9.19. The highest BCUT2D eigenvalue weighted by molar-refractivity contribution is 5.79. The number of likely N-dealkylation sites (tertiary alicyclic amines) is 1. The highest BCUT2D eigenvalue weighted by atomic mass is 16.3. The van der Waals surface area contributed by atoms with Crippen LogP contribution in [0.15, 0.2) is 16.5 Å². The summed E-state index contributed by atoms with van der Waals surface area (Å²) in [6, 6.07) is 4.31. The van der Waals surface area contributed by atoms with E-state index in [9.17, 15) is 9.90 Å². The van der Waals surface area contributed by atoms with E-state index >= 15 is 0 Å². The van der Waals surface area contributed by atoms with E-state index in [1.807, 2.05) is 24.0 Å². The molecule has 0 unspecified atom stereocenters. The van der Waals surface area contributed by atoms with Crippen molar-refractivity contribution >= 4 is 5.91 Å². The number of carbonyl (C=O) groups is 1. The van der Waals surface area contributed by atoms with Crippen LogP contribution in [0.4, 0.5) is 0 Å². The summed E-state index contributed by atoms with van der Waals surface area (Å²) in [7, 11) is 0. The molecule has 0 radical (unpaired) electrons. The number of piperidine rings is 1. The standard InChI is InChI=1S/C17H26N2O3/c1-13-2-5-16(22-13)10-19(15-3-4-15)17(21)11-18-8-6-14(12-20)7-9-18/h2,5,14-15,20H,3-4,6-12H2,1H3. The van der Waals surface area contributed by atoms with Crippen LogP contribution in [0.25, 0.3) is 0 Å². The van der Waals surface area contributed by atoms with Gasteiger partial charge in [0.05, 0.1) is 13.1 Å². The van der Waals surface area contributed by atoms with Gasteiger partial charge in [-0.25, -0.2) is 0 Å². The van der Waals surface area contributed by atoms with Gasteiger partial charge in [-0.05, 0) is 63.7 Å². The maximum absolute atomic E-state index is 12.6. The molecule has 1 aromatic rings. The van der Waals surface area contributed by atoms with Crippen molar-refractivity contribution in [2.75, 3.05) is 26.2 Å². The zero-order valence-corrected chi connectivity index (χ0v) is 13.3. The Labute approximate surface area is 131 Å². The van der Waals surface area contributed by atoms with Gasteiger partial charge >= 0.3 is 0 Å². The first-order chi connectivity index (χ1) is 10.7. The number of furan rings is 1. The quantitative estimate of drug-likeness (QED) is 0.870. The van der Waals surface area contributed by atoms with Gasteiger partial charge in [0, 0.05) is 12.6 Å². The molecule has 1 aliphatic carbocycles. The first-order valence-corrected chi connectivity index (χ1v) is 8.33. The minimum absolute atomic E-state index is 0.207. The summed E-state index contributed by atoms with van der Waals surface area (Å²) in [6.07, 6.45) is 4.20. The number of aliphatic hydroxyl groups excluding tert-OH is 1. The van der Waals surface area contributed by atoms with Gasteiger partial charge in [-0.15, -0.1) is 0 Å². The molecule has 1 aromatic heterocycles. The number of hydrogen-bond acceptors (Lipinski definition) is 4. The van der Waals surface area contributed by atoms with Gasteiger partial charge in [0.15, 0.2) is 0 Å². The first-order valence-electron chi connectivity index (χ1n) is 8.33. The molecule has 5 nitrogen and oxygen atoms in total. The van der Waals surface area contributed by atoms with Crippen molar-refractivity contribution in [3.05, 3.63) is 23.7 Å². The molecule has 0 aromatic carbocycles. The van der Waals surface area contributed by atoms with Crippen molar-refractivity contribution in [1.29, 1.82) is 0 Å². The van der Waals surface area contributed by atoms with Gasteiger partial charge in [0.2, 0.25) is 5.91 Å². The number of rotatable bonds is 6. The van der Waals surface area contributed by atoms with Crippen molar-refractivity contribution in [2.45, 2.75) is 45.2 Å². The second kappa shape index (κ2) is 6.84. The lowest BCUT2D eigenvalue weighted by atomic mass is 9.98. The molecule has 1 N–H and O–H groups in total. The minimum Gasteiger partial charge on any atom is -0.464 e. The summed E-state index contributed by atoms with van der Waals surface area (Å²) < 4.78 is 5.63. The largest absolute Gasteiger partial charge is 0.464 e. The van der Waals surface area contributed by atoms with E-state index in [2.05, 4.69) is 4.90 Å². The number of aryl methyl sites for hydroxylation is 1. The minimum atomic E-state index is 0.207. The Bertz CT molecular complexity index is 502. The predicted molar refractivity (Wildman–Crippen MR) is 83.3 cm³/mol. The number of aliphatic hydroxyl groups is 1. The molecule has 122 valence electrons. The fourth-order valence-electron chi connectivity index (χ4n) is 3.15. The van der Waals surface area contributed by atoms with Gasteiger partial charge < -0.3 is 14.4 Å². The van der Waals surface area contributed by atoms with Gasteiger partial charge in [0.25, 0.3) is 0 Å². The van der Waals surface area contributed by atoms with Crippen molar-refractivity contribution in [1.82, 2.24) is 9.80 Å². The van der Waals surface area contributed by atoms with Crippen molar-refractivity contribution in [3.63, 3.8) is 0 Å². The summed E-state index contributed by atoms with van der Waals surface area (Å²) >= 11 is 0. The molecule has 0 atom stereocenters. The van der Waals surface area contributed by atoms with Crippen molar-refractivity contribution < 1.29 is 14.3 Å². The molecule has 0 spiro atoms. The van der Waals surface area contributed by atoms with Gasteiger partial charge in [0.1, 0.15) is 11.5 Å². The molecule has 1 amide bonds. The van der Waals surface area contributed by atoms with Crippen LogP contribution in [0, 0.1) is 12.8 Å². The van der Waals surface area contributed by atoms with E-state index in [1.165, 1.54) is 0 Å². The summed E-state index contributed by atoms with van der Waals surface area (Å²) in [5.74, 6) is 2.39. The van der Waals surface area contributed by atoms with E-state index in [0.717, 1.165) is 50.3 Å². The van der Waals surface area contributed by atoms with Crippen LogP contribution in [0.5, 0.6) is 0 Å². The lowest BCUT2D eigenvalue weighted by Crippen LogP contribution is -2.44. The molecule has 0 bridgehead atoms. The number of amides is 1. The molecular weight excluding hydrogens is 280 g/mol. The smallest absolute Gasteiger partial charge is 0.237 e. The van der Waals surface area contributed by atoms with Gasteiger partial charge in [-0.2, -0.15) is 0 Å². The average molecular weight is 306 g/mol. The number of carbonyl (C=O) groups excluding carboxylic acids is 1. The van der Waals surface area contributed by atoms with Crippen LogP contribution < -0.4 is 0 Å². The number of nitrogens with zero attached hydrogens (tertiary/aromatic N) is 2. The fourth-order valence-corrected chi connectivity index (χ4v) is 3.15. The third-order valence-corrected chi connectivity index (χ3v) is 4.75. The zero-order chi connectivity index (χ0) is 15.5. The third kappa shape index (κ3) is 3.90. The lowest BCUT2D eigenvalue weighted by molar-refractivity contribution is -0.134. The Morgan fingerprint density at radius 3 is 2.59 bits per heavy atom. The molecule has 1 aliphatic heterocycles. The van der Waals surface area contributed by atoms with Crippen LogP contribution in [-0.2, 0) is 11.3 Å². The fraction of sp³-hybridized carbons (Fsp3) is 0.706. The zero-order valence-electron chi connectivity index (χ0n) is 13.3. The SMILES string of the molecule is Cc1ccc(CN(C(=O)CN2CCC(CO)CC2)C2CC2)o1. The van der Waals surface area contributed by atoms with Gasteiger partial charge in [-0.1, -0.05) is 0 Å². The molecule has 2 aliphatic rings.